The summed E-state index contributed by atoms with van der Waals surface area (Å²) in [5.74, 6) is 0.791. The average molecular weight is 492 g/mol. The summed E-state index contributed by atoms with van der Waals surface area (Å²) in [6, 6.07) is 6.26. The first kappa shape index (κ1) is 31.4. The van der Waals surface area contributed by atoms with Crippen LogP contribution in [0.25, 0.3) is 0 Å². The van der Waals surface area contributed by atoms with Gasteiger partial charge in [0.2, 0.25) is 0 Å². The lowest BCUT2D eigenvalue weighted by atomic mass is 9.82. The Morgan fingerprint density at radius 2 is 1.32 bits per heavy atom. The number of aryl methyl sites for hydroxylation is 1. The summed E-state index contributed by atoms with van der Waals surface area (Å²) in [6.45, 7) is 10.8. The average Bonchev–Trinajstić information content (AvgIpc) is 2.78. The highest BCUT2D eigenvalue weighted by molar-refractivity contribution is 7.81. The van der Waals surface area contributed by atoms with Crippen molar-refractivity contribution in [2.45, 2.75) is 135 Å². The smallest absolute Gasteiger partial charge is 0.330 e. The molecule has 0 spiro atoms. The van der Waals surface area contributed by atoms with Crippen LogP contribution in [-0.4, -0.2) is 36.2 Å². The lowest BCUT2D eigenvalue weighted by molar-refractivity contribution is 0.0854. The minimum Gasteiger partial charge on any atom is -0.491 e. The lowest BCUT2D eigenvalue weighted by Gasteiger charge is -2.38. The predicted octanol–water partition coefficient (Wildman–Crippen LogP) is 7.44. The Morgan fingerprint density at radius 3 is 1.82 bits per heavy atom. The van der Waals surface area contributed by atoms with Crippen LogP contribution in [-0.2, 0) is 11.1 Å². The van der Waals surface area contributed by atoms with Crippen LogP contribution in [0.2, 0.25) is 0 Å². The van der Waals surface area contributed by atoms with Crippen molar-refractivity contribution in [3.8, 4) is 5.75 Å². The molecule has 0 aliphatic carbocycles. The molecular weight excluding hydrogens is 439 g/mol. The molecule has 0 aliphatic heterocycles. The van der Waals surface area contributed by atoms with Crippen molar-refractivity contribution in [2.75, 3.05) is 13.2 Å². The third-order valence-electron chi connectivity index (χ3n) is 6.88. The Labute approximate surface area is 217 Å². The van der Waals surface area contributed by atoms with Crippen molar-refractivity contribution >= 4 is 25.6 Å². The van der Waals surface area contributed by atoms with Crippen LogP contribution in [0.3, 0.4) is 0 Å². The molecule has 1 radical (unpaired) electrons. The predicted molar refractivity (Wildman–Crippen MR) is 152 cm³/mol. The van der Waals surface area contributed by atoms with Gasteiger partial charge < -0.3 is 14.5 Å². The van der Waals surface area contributed by atoms with E-state index in [4.69, 9.17) is 14.5 Å². The molecule has 1 N–H and O–H groups in total. The monoisotopic (exact) mass is 491 g/mol. The topological polar surface area (TPSA) is 38.7 Å². The zero-order chi connectivity index (χ0) is 25.3. The molecular formula is C29H52BO3S. The molecule has 0 amide bonds. The van der Waals surface area contributed by atoms with Gasteiger partial charge in [-0.2, -0.15) is 12.6 Å². The minimum atomic E-state index is -0.409. The molecule has 0 aromatic heterocycles. The summed E-state index contributed by atoms with van der Waals surface area (Å²) in [6.07, 6.45) is 18.8. The number of hydrogen-bond donors (Lipinski definition) is 2. The van der Waals surface area contributed by atoms with E-state index in [1.54, 1.807) is 0 Å². The standard InChI is InChI=1S/C29H52BO3S/c1-6-7-8-9-10-11-12-13-14-15-16-17-18-19-25-22-26(24-27(23-25)32-21-20-31)30-33-28(2,3)29(4,5)34/h22-24,31,34H,6-21H2,1-5H3. The van der Waals surface area contributed by atoms with E-state index in [9.17, 15) is 0 Å². The van der Waals surface area contributed by atoms with Crippen molar-refractivity contribution in [1.29, 1.82) is 0 Å². The van der Waals surface area contributed by atoms with Gasteiger partial charge in [-0.15, -0.1) is 0 Å². The van der Waals surface area contributed by atoms with Gasteiger partial charge in [-0.05, 0) is 63.7 Å². The maximum absolute atomic E-state index is 9.14. The molecule has 0 heterocycles. The van der Waals surface area contributed by atoms with Gasteiger partial charge in [-0.25, -0.2) is 0 Å². The van der Waals surface area contributed by atoms with Crippen LogP contribution in [0.15, 0.2) is 18.2 Å². The van der Waals surface area contributed by atoms with Crippen LogP contribution in [0, 0.1) is 0 Å². The van der Waals surface area contributed by atoms with Crippen LogP contribution in [0.5, 0.6) is 5.75 Å². The zero-order valence-electron chi connectivity index (χ0n) is 22.8. The van der Waals surface area contributed by atoms with Gasteiger partial charge >= 0.3 is 7.48 Å². The molecule has 0 aliphatic rings. The van der Waals surface area contributed by atoms with E-state index in [-0.39, 0.29) is 11.4 Å². The summed E-state index contributed by atoms with van der Waals surface area (Å²) in [5.41, 5.74) is 1.84. The lowest BCUT2D eigenvalue weighted by Crippen LogP contribution is -2.45. The maximum Gasteiger partial charge on any atom is 0.330 e. The van der Waals surface area contributed by atoms with E-state index in [0.717, 1.165) is 17.6 Å². The first-order valence-electron chi connectivity index (χ1n) is 13.8. The molecule has 3 nitrogen and oxygen atoms in total. The number of thiol groups is 1. The first-order valence-corrected chi connectivity index (χ1v) is 14.3. The van der Waals surface area contributed by atoms with E-state index >= 15 is 0 Å². The second-order valence-corrected chi connectivity index (χ2v) is 11.9. The fraction of sp³-hybridized carbons (Fsp3) is 0.793. The summed E-state index contributed by atoms with van der Waals surface area (Å²) in [5, 5.41) is 9.14. The molecule has 0 atom stereocenters. The van der Waals surface area contributed by atoms with Crippen molar-refractivity contribution in [1.82, 2.24) is 0 Å². The molecule has 0 saturated heterocycles. The first-order chi connectivity index (χ1) is 16.2. The maximum atomic E-state index is 9.14. The normalized spacial score (nSPS) is 12.2. The van der Waals surface area contributed by atoms with E-state index in [2.05, 4.69) is 59.4 Å². The van der Waals surface area contributed by atoms with E-state index < -0.39 is 5.60 Å². The Balaban J connectivity index is 2.36. The van der Waals surface area contributed by atoms with E-state index in [0.29, 0.717) is 6.61 Å². The molecule has 195 valence electrons. The van der Waals surface area contributed by atoms with Gasteiger partial charge in [0.25, 0.3) is 0 Å². The fourth-order valence-electron chi connectivity index (χ4n) is 3.85. The third-order valence-corrected chi connectivity index (χ3v) is 7.42. The Morgan fingerprint density at radius 1 is 0.794 bits per heavy atom. The highest BCUT2D eigenvalue weighted by Gasteiger charge is 2.34. The van der Waals surface area contributed by atoms with Crippen molar-refractivity contribution in [2.24, 2.45) is 0 Å². The Kier molecular flexibility index (Phi) is 16.4. The second kappa shape index (κ2) is 17.7. The van der Waals surface area contributed by atoms with Gasteiger partial charge in [0, 0.05) is 4.75 Å². The highest BCUT2D eigenvalue weighted by atomic mass is 32.1. The summed E-state index contributed by atoms with van der Waals surface area (Å²) >= 11 is 4.68. The summed E-state index contributed by atoms with van der Waals surface area (Å²) < 4.78 is 11.6. The van der Waals surface area contributed by atoms with Crippen molar-refractivity contribution < 1.29 is 14.5 Å². The minimum absolute atomic E-state index is 0.0134. The summed E-state index contributed by atoms with van der Waals surface area (Å²) in [7, 11) is 1.82. The van der Waals surface area contributed by atoms with Crippen LogP contribution in [0.1, 0.15) is 124 Å². The molecule has 1 aromatic rings. The molecule has 0 bridgehead atoms. The molecule has 1 aromatic carbocycles. The SMILES string of the molecule is CCCCCCCCCCCCCCCc1cc([B]OC(C)(C)C(C)(C)S)cc(OCCO)c1. The fourth-order valence-corrected chi connectivity index (χ4v) is 3.90. The second-order valence-electron chi connectivity index (χ2n) is 10.8. The highest BCUT2D eigenvalue weighted by Crippen LogP contribution is 2.30. The number of unbranched alkanes of at least 4 members (excludes halogenated alkanes) is 12. The summed E-state index contributed by atoms with van der Waals surface area (Å²) in [4.78, 5) is 0. The number of rotatable bonds is 21. The van der Waals surface area contributed by atoms with Gasteiger partial charge in [0.05, 0.1) is 12.2 Å². The number of benzene rings is 1. The molecule has 1 rings (SSSR count). The van der Waals surface area contributed by atoms with Gasteiger partial charge in [0.1, 0.15) is 12.4 Å². The number of ether oxygens (including phenoxy) is 1. The van der Waals surface area contributed by atoms with Crippen LogP contribution >= 0.6 is 12.6 Å². The van der Waals surface area contributed by atoms with Crippen LogP contribution in [0.4, 0.5) is 0 Å². The van der Waals surface area contributed by atoms with Crippen LogP contribution < -0.4 is 10.2 Å². The number of aliphatic hydroxyl groups is 1. The zero-order valence-corrected chi connectivity index (χ0v) is 23.7. The van der Waals surface area contributed by atoms with Crippen molar-refractivity contribution in [3.05, 3.63) is 23.8 Å². The number of aliphatic hydroxyl groups excluding tert-OH is 1. The van der Waals surface area contributed by atoms with Gasteiger partial charge in [-0.1, -0.05) is 90.0 Å². The molecule has 0 unspecified atom stereocenters. The van der Waals surface area contributed by atoms with Crippen molar-refractivity contribution in [3.63, 3.8) is 0 Å². The Hall–Kier alpha value is -0.645. The largest absolute Gasteiger partial charge is 0.491 e. The quantitative estimate of drug-likeness (QED) is 0.107. The Bertz CT molecular complexity index is 643. The van der Waals surface area contributed by atoms with Gasteiger partial charge in [-0.3, -0.25) is 0 Å². The molecule has 34 heavy (non-hydrogen) atoms. The molecule has 0 fully saturated rings. The van der Waals surface area contributed by atoms with E-state index in [1.807, 2.05) is 13.5 Å². The number of hydrogen-bond acceptors (Lipinski definition) is 4. The third kappa shape index (κ3) is 14.0. The van der Waals surface area contributed by atoms with Gasteiger partial charge in [0.15, 0.2) is 0 Å². The molecule has 0 saturated carbocycles. The molecule has 5 heteroatoms. The van der Waals surface area contributed by atoms with E-state index in [1.165, 1.54) is 89.0 Å².